The molecular weight excluding hydrogens is 373 g/mol. The van der Waals surface area contributed by atoms with Crippen molar-refractivity contribution in [3.8, 4) is 0 Å². The van der Waals surface area contributed by atoms with Gasteiger partial charge >= 0.3 is 6.18 Å². The molecule has 1 saturated heterocycles. The molecule has 1 nitrogen and oxygen atoms in total. The summed E-state index contributed by atoms with van der Waals surface area (Å²) in [5.74, 6) is -1.43. The average Bonchev–Trinajstić information content (AvgIpc) is 2.33. The van der Waals surface area contributed by atoms with Gasteiger partial charge in [-0.1, -0.05) is 6.07 Å². The highest BCUT2D eigenvalue weighted by Crippen LogP contribution is 2.34. The molecular formula is C13H14F4IN. The van der Waals surface area contributed by atoms with Crippen LogP contribution in [0.3, 0.4) is 0 Å². The molecule has 0 saturated carbocycles. The van der Waals surface area contributed by atoms with Crippen molar-refractivity contribution >= 4 is 22.6 Å². The Hall–Kier alpha value is -0.370. The van der Waals surface area contributed by atoms with Crippen LogP contribution >= 0.6 is 22.6 Å². The van der Waals surface area contributed by atoms with E-state index < -0.39 is 12.1 Å². The number of piperidine rings is 1. The van der Waals surface area contributed by atoms with Gasteiger partial charge in [-0.05, 0) is 66.2 Å². The number of alkyl halides is 3. The fourth-order valence-corrected chi connectivity index (χ4v) is 2.89. The zero-order valence-corrected chi connectivity index (χ0v) is 12.3. The van der Waals surface area contributed by atoms with Gasteiger partial charge in [0.2, 0.25) is 0 Å². The second kappa shape index (κ2) is 5.95. The molecule has 0 aromatic heterocycles. The Morgan fingerprint density at radius 2 is 1.84 bits per heavy atom. The van der Waals surface area contributed by atoms with Crippen LogP contribution in [0.15, 0.2) is 18.2 Å². The fourth-order valence-electron chi connectivity index (χ4n) is 2.31. The van der Waals surface area contributed by atoms with Crippen molar-refractivity contribution in [3.63, 3.8) is 0 Å². The van der Waals surface area contributed by atoms with Crippen molar-refractivity contribution in [2.75, 3.05) is 13.1 Å². The number of likely N-dealkylation sites (tertiary alicyclic amines) is 1. The second-order valence-corrected chi connectivity index (χ2v) is 6.00. The predicted octanol–water partition coefficient (Wildman–Crippen LogP) is 4.20. The van der Waals surface area contributed by atoms with E-state index in [4.69, 9.17) is 0 Å². The normalized spacial score (nSPS) is 18.8. The van der Waals surface area contributed by atoms with E-state index in [0.29, 0.717) is 23.2 Å². The Morgan fingerprint density at radius 3 is 2.37 bits per heavy atom. The molecule has 1 aliphatic rings. The van der Waals surface area contributed by atoms with E-state index in [1.807, 2.05) is 27.5 Å². The summed E-state index contributed by atoms with van der Waals surface area (Å²) in [6.45, 7) is 1.47. The molecule has 1 aliphatic heterocycles. The molecule has 0 bridgehead atoms. The summed E-state index contributed by atoms with van der Waals surface area (Å²) in [7, 11) is 0. The third kappa shape index (κ3) is 4.05. The van der Waals surface area contributed by atoms with Crippen LogP contribution in [0.4, 0.5) is 17.6 Å². The number of benzene rings is 1. The summed E-state index contributed by atoms with van der Waals surface area (Å²) < 4.78 is 51.2. The predicted molar refractivity (Wildman–Crippen MR) is 73.2 cm³/mol. The number of rotatable bonds is 2. The Balaban J connectivity index is 1.90. The van der Waals surface area contributed by atoms with Crippen LogP contribution < -0.4 is 0 Å². The molecule has 19 heavy (non-hydrogen) atoms. The maximum absolute atomic E-state index is 13.1. The van der Waals surface area contributed by atoms with Crippen LogP contribution in [0.5, 0.6) is 0 Å². The second-order valence-electron chi connectivity index (χ2n) is 4.84. The summed E-state index contributed by atoms with van der Waals surface area (Å²) in [6.07, 6.45) is -3.76. The van der Waals surface area contributed by atoms with E-state index in [-0.39, 0.29) is 18.7 Å². The van der Waals surface area contributed by atoms with Gasteiger partial charge in [0.15, 0.2) is 0 Å². The molecule has 1 fully saturated rings. The molecule has 0 N–H and O–H groups in total. The third-order valence-corrected chi connectivity index (χ3v) is 4.27. The van der Waals surface area contributed by atoms with Crippen molar-refractivity contribution in [1.29, 1.82) is 0 Å². The fraction of sp³-hybridized carbons (Fsp3) is 0.538. The van der Waals surface area contributed by atoms with Gasteiger partial charge in [-0.2, -0.15) is 13.2 Å². The van der Waals surface area contributed by atoms with E-state index in [1.54, 1.807) is 12.1 Å². The molecule has 106 valence electrons. The highest BCUT2D eigenvalue weighted by molar-refractivity contribution is 14.1. The van der Waals surface area contributed by atoms with E-state index in [1.165, 1.54) is 6.07 Å². The topological polar surface area (TPSA) is 3.24 Å². The van der Waals surface area contributed by atoms with Gasteiger partial charge in [-0.25, -0.2) is 4.39 Å². The first-order valence-corrected chi connectivity index (χ1v) is 7.17. The van der Waals surface area contributed by atoms with Crippen LogP contribution in [-0.2, 0) is 6.54 Å². The summed E-state index contributed by atoms with van der Waals surface area (Å²) in [4.78, 5) is 1.99. The summed E-state index contributed by atoms with van der Waals surface area (Å²) in [6, 6.07) is 4.83. The van der Waals surface area contributed by atoms with Gasteiger partial charge in [0.1, 0.15) is 5.82 Å². The van der Waals surface area contributed by atoms with Crippen LogP contribution in [0.25, 0.3) is 0 Å². The lowest BCUT2D eigenvalue weighted by atomic mass is 9.96. The number of halogens is 5. The standard InChI is InChI=1S/C13H14F4IN/c14-11-2-1-9(7-12(11)18)8-19-5-3-10(4-6-19)13(15,16)17/h1-2,7,10H,3-6,8H2. The minimum absolute atomic E-state index is 0.155. The molecule has 0 aliphatic carbocycles. The van der Waals surface area contributed by atoms with Crippen molar-refractivity contribution in [2.45, 2.75) is 25.6 Å². The van der Waals surface area contributed by atoms with Gasteiger partial charge < -0.3 is 0 Å². The molecule has 0 radical (unpaired) electrons. The van der Waals surface area contributed by atoms with E-state index in [2.05, 4.69) is 0 Å². The highest BCUT2D eigenvalue weighted by atomic mass is 127. The molecule has 0 amide bonds. The minimum atomic E-state index is -4.07. The Morgan fingerprint density at radius 1 is 1.21 bits per heavy atom. The first kappa shape index (κ1) is 15.0. The zero-order valence-electron chi connectivity index (χ0n) is 10.2. The third-order valence-electron chi connectivity index (χ3n) is 3.44. The van der Waals surface area contributed by atoms with Crippen molar-refractivity contribution in [2.24, 2.45) is 5.92 Å². The number of hydrogen-bond acceptors (Lipinski definition) is 1. The van der Waals surface area contributed by atoms with Crippen LogP contribution in [0, 0.1) is 15.3 Å². The smallest absolute Gasteiger partial charge is 0.299 e. The van der Waals surface area contributed by atoms with Crippen molar-refractivity contribution in [3.05, 3.63) is 33.1 Å². The number of nitrogens with zero attached hydrogens (tertiary/aromatic N) is 1. The summed E-state index contributed by atoms with van der Waals surface area (Å²) in [5, 5.41) is 0. The van der Waals surface area contributed by atoms with Gasteiger partial charge in [-0.3, -0.25) is 4.90 Å². The van der Waals surface area contributed by atoms with Crippen molar-refractivity contribution in [1.82, 2.24) is 4.90 Å². The van der Waals surface area contributed by atoms with Gasteiger partial charge in [0.25, 0.3) is 0 Å². The van der Waals surface area contributed by atoms with Gasteiger partial charge in [0.05, 0.1) is 5.92 Å². The molecule has 2 rings (SSSR count). The minimum Gasteiger partial charge on any atom is -0.299 e. The van der Waals surface area contributed by atoms with E-state index in [0.717, 1.165) is 5.56 Å². The maximum Gasteiger partial charge on any atom is 0.391 e. The molecule has 0 spiro atoms. The summed E-state index contributed by atoms with van der Waals surface area (Å²) in [5.41, 5.74) is 0.941. The van der Waals surface area contributed by atoms with E-state index in [9.17, 15) is 17.6 Å². The van der Waals surface area contributed by atoms with Crippen LogP contribution in [0.1, 0.15) is 18.4 Å². The van der Waals surface area contributed by atoms with Gasteiger partial charge in [-0.15, -0.1) is 0 Å². The average molecular weight is 387 g/mol. The monoisotopic (exact) mass is 387 g/mol. The van der Waals surface area contributed by atoms with Crippen molar-refractivity contribution < 1.29 is 17.6 Å². The van der Waals surface area contributed by atoms with Gasteiger partial charge in [0, 0.05) is 10.1 Å². The Labute approximate surface area is 123 Å². The Bertz CT molecular complexity index is 439. The highest BCUT2D eigenvalue weighted by Gasteiger charge is 2.40. The summed E-state index contributed by atoms with van der Waals surface area (Å²) >= 11 is 1.92. The largest absolute Gasteiger partial charge is 0.391 e. The first-order chi connectivity index (χ1) is 8.86. The molecule has 1 aromatic carbocycles. The van der Waals surface area contributed by atoms with E-state index >= 15 is 0 Å². The lowest BCUT2D eigenvalue weighted by molar-refractivity contribution is -0.185. The number of hydrogen-bond donors (Lipinski definition) is 0. The molecule has 1 heterocycles. The SMILES string of the molecule is Fc1ccc(CN2CCC(C(F)(F)F)CC2)cc1I. The quantitative estimate of drug-likeness (QED) is 0.543. The lowest BCUT2D eigenvalue weighted by Gasteiger charge is -2.32. The molecule has 6 heteroatoms. The molecule has 0 unspecified atom stereocenters. The molecule has 1 aromatic rings. The van der Waals surface area contributed by atoms with Crippen LogP contribution in [0.2, 0.25) is 0 Å². The first-order valence-electron chi connectivity index (χ1n) is 6.09. The zero-order chi connectivity index (χ0) is 14.0. The Kier molecular flexibility index (Phi) is 4.70. The maximum atomic E-state index is 13.1. The lowest BCUT2D eigenvalue weighted by Crippen LogP contribution is -2.38. The van der Waals surface area contributed by atoms with Crippen LogP contribution in [-0.4, -0.2) is 24.2 Å². The molecule has 0 atom stereocenters.